The summed E-state index contributed by atoms with van der Waals surface area (Å²) in [4.78, 5) is 45.5. The highest BCUT2D eigenvalue weighted by Gasteiger charge is 2.26. The number of amides is 2. The Morgan fingerprint density at radius 2 is 2.10 bits per heavy atom. The highest BCUT2D eigenvalue weighted by molar-refractivity contribution is 6.42. The summed E-state index contributed by atoms with van der Waals surface area (Å²) in [6.07, 6.45) is 8.71. The summed E-state index contributed by atoms with van der Waals surface area (Å²) in [5, 5.41) is 16.0. The molecule has 31 heavy (non-hydrogen) atoms. The van der Waals surface area contributed by atoms with Crippen LogP contribution in [-0.2, 0) is 9.53 Å². The Bertz CT molecular complexity index is 975. The maximum Gasteiger partial charge on any atom is 0.274 e. The van der Waals surface area contributed by atoms with Gasteiger partial charge in [0.25, 0.3) is 11.8 Å². The summed E-state index contributed by atoms with van der Waals surface area (Å²) in [5.74, 6) is -1.10. The lowest BCUT2D eigenvalue weighted by Crippen LogP contribution is -2.47. The summed E-state index contributed by atoms with van der Waals surface area (Å²) in [7, 11) is 2.88. The highest BCUT2D eigenvalue weighted by atomic mass is 16.5. The summed E-state index contributed by atoms with van der Waals surface area (Å²) < 4.78 is 5.65. The van der Waals surface area contributed by atoms with Crippen LogP contribution in [-0.4, -0.2) is 70.4 Å². The summed E-state index contributed by atoms with van der Waals surface area (Å²) in [5.41, 5.74) is 0.659. The number of hydrogen-bond donors (Lipinski definition) is 4. The van der Waals surface area contributed by atoms with Crippen LogP contribution in [0.5, 0.6) is 0 Å². The molecule has 2 aromatic rings. The molecule has 12 heteroatoms. The maximum atomic E-state index is 13.1. The lowest BCUT2D eigenvalue weighted by atomic mass is 10.1. The van der Waals surface area contributed by atoms with Crippen molar-refractivity contribution >= 4 is 35.2 Å². The molecule has 1 aliphatic rings. The molecular formula is C19H23N9O3. The zero-order valence-corrected chi connectivity index (χ0v) is 17.1. The van der Waals surface area contributed by atoms with Crippen molar-refractivity contribution in [2.45, 2.75) is 25.0 Å². The van der Waals surface area contributed by atoms with Gasteiger partial charge < -0.3 is 20.7 Å². The number of ether oxygens (including phenoxy) is 1. The van der Waals surface area contributed by atoms with Crippen LogP contribution in [0.4, 0.5) is 11.5 Å². The van der Waals surface area contributed by atoms with Gasteiger partial charge in [0.15, 0.2) is 11.5 Å². The minimum Gasteiger partial charge on any atom is -0.372 e. The first-order valence-electron chi connectivity index (χ1n) is 9.57. The second-order valence-electron chi connectivity index (χ2n) is 6.60. The Morgan fingerprint density at radius 3 is 2.74 bits per heavy atom. The molecule has 2 unspecified atom stereocenters. The van der Waals surface area contributed by atoms with E-state index in [1.807, 2.05) is 0 Å². The number of aliphatic imine (C=N–C) groups is 1. The number of carbonyl (C=O) groups is 2. The monoisotopic (exact) mass is 425 g/mol. The predicted molar refractivity (Wildman–Crippen MR) is 113 cm³/mol. The van der Waals surface area contributed by atoms with Gasteiger partial charge in [0.2, 0.25) is 0 Å². The van der Waals surface area contributed by atoms with Crippen LogP contribution in [0, 0.1) is 5.41 Å². The largest absolute Gasteiger partial charge is 0.372 e. The summed E-state index contributed by atoms with van der Waals surface area (Å²) >= 11 is 0. The van der Waals surface area contributed by atoms with Gasteiger partial charge in [-0.3, -0.25) is 20.0 Å². The van der Waals surface area contributed by atoms with Gasteiger partial charge >= 0.3 is 0 Å². The molecule has 2 aromatic heterocycles. The van der Waals surface area contributed by atoms with Crippen molar-refractivity contribution in [3.05, 3.63) is 36.3 Å². The number of aromatic nitrogens is 4. The third-order valence-corrected chi connectivity index (χ3v) is 4.46. The first-order chi connectivity index (χ1) is 15.0. The van der Waals surface area contributed by atoms with E-state index in [0.29, 0.717) is 18.0 Å². The molecule has 4 N–H and O–H groups in total. The van der Waals surface area contributed by atoms with Crippen molar-refractivity contribution in [3.8, 4) is 0 Å². The van der Waals surface area contributed by atoms with Crippen LogP contribution in [0.25, 0.3) is 0 Å². The molecule has 0 radical (unpaired) electrons. The predicted octanol–water partition coefficient (Wildman–Crippen LogP) is 0.426. The average Bonchev–Trinajstić information content (AvgIpc) is 3.33. The van der Waals surface area contributed by atoms with Crippen molar-refractivity contribution in [1.29, 1.82) is 5.41 Å². The van der Waals surface area contributed by atoms with E-state index in [1.54, 1.807) is 6.20 Å². The van der Waals surface area contributed by atoms with Crippen molar-refractivity contribution in [2.75, 3.05) is 26.0 Å². The van der Waals surface area contributed by atoms with Gasteiger partial charge in [-0.05, 0) is 12.8 Å². The van der Waals surface area contributed by atoms with E-state index < -0.39 is 17.9 Å². The van der Waals surface area contributed by atoms with Crippen LogP contribution in [0.2, 0.25) is 0 Å². The van der Waals surface area contributed by atoms with Crippen molar-refractivity contribution in [1.82, 2.24) is 30.6 Å². The van der Waals surface area contributed by atoms with E-state index in [-0.39, 0.29) is 23.3 Å². The molecule has 1 fully saturated rings. The number of nitrogens with one attached hydrogen (secondary N) is 4. The molecule has 162 valence electrons. The molecule has 1 saturated heterocycles. The number of carbonyl (C=O) groups excluding carboxylic acids is 2. The fourth-order valence-electron chi connectivity index (χ4n) is 2.94. The summed E-state index contributed by atoms with van der Waals surface area (Å²) in [6.45, 7) is 0.619. The van der Waals surface area contributed by atoms with Gasteiger partial charge in [-0.1, -0.05) is 0 Å². The Kier molecular flexibility index (Phi) is 7.27. The molecule has 0 spiro atoms. The SMILES string of the molecule is CN=CC(NC(=O)c1nc(C2CCCO2)cnc1Nc1cncnc1)C(=N)C(=O)NC. The number of rotatable bonds is 8. The summed E-state index contributed by atoms with van der Waals surface area (Å²) in [6, 6.07) is -1.04. The molecule has 0 saturated carbocycles. The number of nitrogens with zero attached hydrogens (tertiary/aromatic N) is 5. The van der Waals surface area contributed by atoms with Gasteiger partial charge in [-0.15, -0.1) is 0 Å². The second-order valence-corrected chi connectivity index (χ2v) is 6.60. The van der Waals surface area contributed by atoms with Crippen LogP contribution < -0.4 is 16.0 Å². The van der Waals surface area contributed by atoms with E-state index in [0.717, 1.165) is 12.8 Å². The Hall–Kier alpha value is -3.80. The van der Waals surface area contributed by atoms with E-state index in [2.05, 4.69) is 40.9 Å². The normalized spacial score (nSPS) is 16.6. The maximum absolute atomic E-state index is 13.1. The molecule has 1 aliphatic heterocycles. The molecule has 2 atom stereocenters. The average molecular weight is 425 g/mol. The smallest absolute Gasteiger partial charge is 0.274 e. The van der Waals surface area contributed by atoms with Crippen molar-refractivity contribution in [2.24, 2.45) is 4.99 Å². The topological polar surface area (TPSA) is 167 Å². The minimum atomic E-state index is -1.04. The van der Waals surface area contributed by atoms with Crippen LogP contribution in [0.3, 0.4) is 0 Å². The lowest BCUT2D eigenvalue weighted by Gasteiger charge is -2.17. The van der Waals surface area contributed by atoms with E-state index in [9.17, 15) is 9.59 Å². The molecule has 0 aliphatic carbocycles. The van der Waals surface area contributed by atoms with Gasteiger partial charge in [-0.25, -0.2) is 19.9 Å². The van der Waals surface area contributed by atoms with Crippen LogP contribution in [0.15, 0.2) is 29.9 Å². The molecule has 0 bridgehead atoms. The third-order valence-electron chi connectivity index (χ3n) is 4.46. The molecule has 0 aromatic carbocycles. The van der Waals surface area contributed by atoms with Gasteiger partial charge in [0.05, 0.1) is 30.0 Å². The highest BCUT2D eigenvalue weighted by Crippen LogP contribution is 2.28. The standard InChI is InChI=1S/C19H23N9O3/c1-21-8-13(15(20)18(29)22-2)28-19(30)16-17(26-11-6-23-10-24-7-11)25-9-12(27-16)14-4-3-5-31-14/h6-10,13-14,20H,3-5H2,1-2H3,(H,22,29)(H,25,26)(H,28,30). The Balaban J connectivity index is 1.92. The van der Waals surface area contributed by atoms with Crippen LogP contribution >= 0.6 is 0 Å². The fraction of sp³-hybridized carbons (Fsp3) is 0.368. The van der Waals surface area contributed by atoms with E-state index in [1.165, 1.54) is 39.0 Å². The first kappa shape index (κ1) is 21.9. The first-order valence-corrected chi connectivity index (χ1v) is 9.57. The third kappa shape index (κ3) is 5.42. The zero-order valence-electron chi connectivity index (χ0n) is 17.1. The van der Waals surface area contributed by atoms with E-state index >= 15 is 0 Å². The van der Waals surface area contributed by atoms with Crippen molar-refractivity contribution in [3.63, 3.8) is 0 Å². The second kappa shape index (κ2) is 10.3. The molecule has 2 amide bonds. The number of hydrogen-bond acceptors (Lipinski definition) is 10. The molecular weight excluding hydrogens is 402 g/mol. The molecule has 3 rings (SSSR count). The van der Waals surface area contributed by atoms with Gasteiger partial charge in [-0.2, -0.15) is 0 Å². The van der Waals surface area contributed by atoms with Crippen LogP contribution in [0.1, 0.15) is 35.1 Å². The zero-order chi connectivity index (χ0) is 22.2. The Morgan fingerprint density at radius 1 is 1.32 bits per heavy atom. The quantitative estimate of drug-likeness (QED) is 0.442. The molecule has 12 nitrogen and oxygen atoms in total. The van der Waals surface area contributed by atoms with Gasteiger partial charge in [0, 0.05) is 26.9 Å². The lowest BCUT2D eigenvalue weighted by molar-refractivity contribution is -0.114. The minimum absolute atomic E-state index is 0.0175. The fourth-order valence-corrected chi connectivity index (χ4v) is 2.94. The Labute approximate surface area is 178 Å². The van der Waals surface area contributed by atoms with Gasteiger partial charge in [0.1, 0.15) is 24.2 Å². The number of anilines is 2. The van der Waals surface area contributed by atoms with E-state index in [4.69, 9.17) is 10.1 Å². The van der Waals surface area contributed by atoms with Crippen molar-refractivity contribution < 1.29 is 14.3 Å². The molecule has 3 heterocycles.